The van der Waals surface area contributed by atoms with Crippen LogP contribution in [0.5, 0.6) is 5.75 Å². The smallest absolute Gasteiger partial charge is 0.261 e. The van der Waals surface area contributed by atoms with E-state index < -0.39 is 0 Å². The largest absolute Gasteiger partial charge is 0.486 e. The highest BCUT2D eigenvalue weighted by molar-refractivity contribution is 6.21. The molecule has 6 heteroatoms. The molecule has 2 aromatic rings. The summed E-state index contributed by atoms with van der Waals surface area (Å²) in [5.74, 6) is -0.168. The number of nitrogens with one attached hydrogen (secondary N) is 1. The molecule has 2 aliphatic rings. The van der Waals surface area contributed by atoms with E-state index in [1.807, 2.05) is 32.9 Å². The summed E-state index contributed by atoms with van der Waals surface area (Å²) in [5, 5.41) is 2.76. The van der Waals surface area contributed by atoms with Crippen molar-refractivity contribution in [2.75, 3.05) is 13.1 Å². The van der Waals surface area contributed by atoms with Gasteiger partial charge in [0.1, 0.15) is 11.9 Å². The Labute approximate surface area is 170 Å². The van der Waals surface area contributed by atoms with E-state index >= 15 is 0 Å². The maximum Gasteiger partial charge on any atom is 0.261 e. The summed E-state index contributed by atoms with van der Waals surface area (Å²) in [6.07, 6.45) is 3.86. The first-order chi connectivity index (χ1) is 14.0. The number of benzene rings is 2. The van der Waals surface area contributed by atoms with Crippen LogP contribution in [0.15, 0.2) is 48.5 Å². The standard InChI is InChI=1S/C21H18N2O4.C2H6/c1-13-6-7-14-12-15(8-9-18(14)27-13)19(24)22-10-11-23-20(25)16-4-2-3-5-17(16)21(23)26;1-2/h2-9,12-13H,10-11H2,1H3,(H,22,24);1-2H3. The molecule has 2 heterocycles. The molecule has 1 N–H and O–H groups in total. The molecule has 3 amide bonds. The monoisotopic (exact) mass is 392 g/mol. The fraction of sp³-hybridized carbons (Fsp3) is 0.261. The Bertz CT molecular complexity index is 946. The van der Waals surface area contributed by atoms with Gasteiger partial charge in [0, 0.05) is 24.2 Å². The predicted molar refractivity (Wildman–Crippen MR) is 111 cm³/mol. The van der Waals surface area contributed by atoms with Crippen LogP contribution in [-0.4, -0.2) is 41.8 Å². The molecule has 0 fully saturated rings. The highest BCUT2D eigenvalue weighted by Gasteiger charge is 2.34. The molecule has 0 aliphatic carbocycles. The van der Waals surface area contributed by atoms with E-state index in [-0.39, 0.29) is 36.9 Å². The molecule has 0 saturated carbocycles. The average Bonchev–Trinajstić information content (AvgIpc) is 2.99. The lowest BCUT2D eigenvalue weighted by molar-refractivity contribution is 0.0650. The third-order valence-corrected chi connectivity index (χ3v) is 4.63. The fourth-order valence-corrected chi connectivity index (χ4v) is 3.23. The van der Waals surface area contributed by atoms with Crippen LogP contribution in [0.2, 0.25) is 0 Å². The summed E-state index contributed by atoms with van der Waals surface area (Å²) in [6, 6.07) is 12.0. The van der Waals surface area contributed by atoms with Crippen LogP contribution in [0.4, 0.5) is 0 Å². The van der Waals surface area contributed by atoms with Crippen LogP contribution >= 0.6 is 0 Å². The third kappa shape index (κ3) is 4.06. The van der Waals surface area contributed by atoms with E-state index in [1.54, 1.807) is 42.5 Å². The van der Waals surface area contributed by atoms with E-state index in [9.17, 15) is 14.4 Å². The first-order valence-electron chi connectivity index (χ1n) is 9.77. The SMILES string of the molecule is CC.CC1C=Cc2cc(C(=O)NCCN3C(=O)c4ccccc4C3=O)ccc2O1. The molecule has 2 aromatic carbocycles. The zero-order chi connectivity index (χ0) is 21.0. The summed E-state index contributed by atoms with van der Waals surface area (Å²) in [7, 11) is 0. The Morgan fingerprint density at radius 3 is 2.38 bits per heavy atom. The van der Waals surface area contributed by atoms with Crippen LogP contribution in [0.3, 0.4) is 0 Å². The van der Waals surface area contributed by atoms with Crippen molar-refractivity contribution in [3.8, 4) is 5.75 Å². The van der Waals surface area contributed by atoms with Crippen LogP contribution in [0.1, 0.15) is 57.4 Å². The number of carbonyl (C=O) groups excluding carboxylic acids is 3. The normalized spacial score (nSPS) is 16.4. The second-order valence-electron chi connectivity index (χ2n) is 6.50. The van der Waals surface area contributed by atoms with E-state index in [2.05, 4.69) is 5.32 Å². The van der Waals surface area contributed by atoms with Crippen molar-refractivity contribution in [1.82, 2.24) is 10.2 Å². The number of imide groups is 1. The number of hydrogen-bond acceptors (Lipinski definition) is 4. The molecule has 4 rings (SSSR count). The molecule has 150 valence electrons. The van der Waals surface area contributed by atoms with Gasteiger partial charge in [-0.2, -0.15) is 0 Å². The lowest BCUT2D eigenvalue weighted by atomic mass is 10.1. The quantitative estimate of drug-likeness (QED) is 0.808. The summed E-state index contributed by atoms with van der Waals surface area (Å²) in [6.45, 7) is 6.26. The summed E-state index contributed by atoms with van der Waals surface area (Å²) in [5.41, 5.74) is 2.16. The van der Waals surface area contributed by atoms with Crippen molar-refractivity contribution in [2.45, 2.75) is 26.9 Å². The number of hydrogen-bond donors (Lipinski definition) is 1. The van der Waals surface area contributed by atoms with Crippen LogP contribution in [-0.2, 0) is 0 Å². The van der Waals surface area contributed by atoms with Gasteiger partial charge in [-0.3, -0.25) is 19.3 Å². The number of nitrogens with zero attached hydrogens (tertiary/aromatic N) is 1. The summed E-state index contributed by atoms with van der Waals surface area (Å²) in [4.78, 5) is 38.2. The first-order valence-corrected chi connectivity index (χ1v) is 9.77. The Kier molecular flexibility index (Phi) is 6.12. The van der Waals surface area contributed by atoms with Crippen molar-refractivity contribution in [1.29, 1.82) is 0 Å². The molecular formula is C23H24N2O4. The van der Waals surface area contributed by atoms with Crippen LogP contribution < -0.4 is 10.1 Å². The first kappa shape index (κ1) is 20.3. The highest BCUT2D eigenvalue weighted by Crippen LogP contribution is 2.27. The van der Waals surface area contributed by atoms with Gasteiger partial charge in [0.05, 0.1) is 11.1 Å². The maximum atomic E-state index is 12.4. The van der Waals surface area contributed by atoms with Crippen molar-refractivity contribution in [2.24, 2.45) is 0 Å². The van der Waals surface area contributed by atoms with Gasteiger partial charge in [0.25, 0.3) is 17.7 Å². The molecule has 6 nitrogen and oxygen atoms in total. The Balaban J connectivity index is 0.00000117. The van der Waals surface area contributed by atoms with E-state index in [4.69, 9.17) is 4.74 Å². The Hall–Kier alpha value is -3.41. The minimum Gasteiger partial charge on any atom is -0.486 e. The molecular weight excluding hydrogens is 368 g/mol. The highest BCUT2D eigenvalue weighted by atomic mass is 16.5. The molecule has 29 heavy (non-hydrogen) atoms. The van der Waals surface area contributed by atoms with Crippen molar-refractivity contribution >= 4 is 23.8 Å². The summed E-state index contributed by atoms with van der Waals surface area (Å²) < 4.78 is 5.67. The van der Waals surface area contributed by atoms with Crippen LogP contribution in [0.25, 0.3) is 6.08 Å². The maximum absolute atomic E-state index is 12.4. The van der Waals surface area contributed by atoms with Crippen LogP contribution in [0, 0.1) is 0 Å². The van der Waals surface area contributed by atoms with E-state index in [0.717, 1.165) is 16.2 Å². The van der Waals surface area contributed by atoms with Crippen molar-refractivity contribution < 1.29 is 19.1 Å². The molecule has 1 unspecified atom stereocenters. The average molecular weight is 392 g/mol. The van der Waals surface area contributed by atoms with Gasteiger partial charge in [0.2, 0.25) is 0 Å². The predicted octanol–water partition coefficient (Wildman–Crippen LogP) is 3.53. The van der Waals surface area contributed by atoms with Gasteiger partial charge in [0.15, 0.2) is 0 Å². The minimum atomic E-state index is -0.324. The van der Waals surface area contributed by atoms with Gasteiger partial charge in [-0.15, -0.1) is 0 Å². The van der Waals surface area contributed by atoms with Crippen molar-refractivity contribution in [3.63, 3.8) is 0 Å². The zero-order valence-electron chi connectivity index (χ0n) is 16.8. The summed E-state index contributed by atoms with van der Waals surface area (Å²) >= 11 is 0. The zero-order valence-corrected chi connectivity index (χ0v) is 16.8. The lowest BCUT2D eigenvalue weighted by Gasteiger charge is -2.19. The van der Waals surface area contributed by atoms with E-state index in [1.165, 1.54) is 0 Å². The molecule has 0 spiro atoms. The second-order valence-corrected chi connectivity index (χ2v) is 6.50. The number of amides is 3. The topological polar surface area (TPSA) is 75.7 Å². The molecule has 0 aromatic heterocycles. The number of fused-ring (bicyclic) bond motifs is 2. The van der Waals surface area contributed by atoms with Gasteiger partial charge < -0.3 is 10.1 Å². The molecule has 2 aliphatic heterocycles. The minimum absolute atomic E-state index is 0.0110. The number of rotatable bonds is 4. The third-order valence-electron chi connectivity index (χ3n) is 4.63. The van der Waals surface area contributed by atoms with Gasteiger partial charge in [-0.25, -0.2) is 0 Å². The van der Waals surface area contributed by atoms with E-state index in [0.29, 0.717) is 16.7 Å². The second kappa shape index (κ2) is 8.73. The number of carbonyl (C=O) groups is 3. The Morgan fingerprint density at radius 2 is 1.72 bits per heavy atom. The molecule has 0 saturated heterocycles. The van der Waals surface area contributed by atoms with Gasteiger partial charge in [-0.1, -0.05) is 32.1 Å². The van der Waals surface area contributed by atoms with Gasteiger partial charge >= 0.3 is 0 Å². The number of ether oxygens (including phenoxy) is 1. The Morgan fingerprint density at radius 1 is 1.07 bits per heavy atom. The molecule has 0 radical (unpaired) electrons. The molecule has 1 atom stereocenters. The lowest BCUT2D eigenvalue weighted by Crippen LogP contribution is -2.38. The van der Waals surface area contributed by atoms with Gasteiger partial charge in [-0.05, 0) is 43.3 Å². The molecule has 0 bridgehead atoms. The van der Waals surface area contributed by atoms with Crippen molar-refractivity contribution in [3.05, 3.63) is 70.8 Å². The fourth-order valence-electron chi connectivity index (χ4n) is 3.23.